The van der Waals surface area contributed by atoms with Gasteiger partial charge in [-0.1, -0.05) is 49.2 Å². The molecule has 7 nitrogen and oxygen atoms in total. The highest BCUT2D eigenvalue weighted by molar-refractivity contribution is 6.35. The van der Waals surface area contributed by atoms with E-state index < -0.39 is 42.3 Å². The summed E-state index contributed by atoms with van der Waals surface area (Å²) in [6.45, 7) is 2.75. The number of ether oxygens (including phenoxy) is 1. The molecule has 9 heteroatoms. The SMILES string of the molecule is CC(C)[C@H](C(=O)OCC(=O)Nc1cc(Cl)ccc1Cl)N1C(=O)c2ccccc2C1=O. The molecule has 156 valence electrons. The number of carbonyl (C=O) groups is 4. The minimum atomic E-state index is -1.17. The Labute approximate surface area is 182 Å². The van der Waals surface area contributed by atoms with E-state index >= 15 is 0 Å². The van der Waals surface area contributed by atoms with Gasteiger partial charge in [-0.25, -0.2) is 4.79 Å². The Balaban J connectivity index is 1.70. The third-order valence-corrected chi connectivity index (χ3v) is 5.09. The Bertz CT molecular complexity index is 1000. The van der Waals surface area contributed by atoms with Crippen LogP contribution in [0.4, 0.5) is 5.69 Å². The molecule has 1 N–H and O–H groups in total. The lowest BCUT2D eigenvalue weighted by atomic mass is 10.0. The number of carbonyl (C=O) groups excluding carboxylic acids is 4. The quantitative estimate of drug-likeness (QED) is 0.535. The van der Waals surface area contributed by atoms with Gasteiger partial charge < -0.3 is 10.1 Å². The molecule has 3 rings (SSSR count). The maximum Gasteiger partial charge on any atom is 0.330 e. The number of fused-ring (bicyclic) bond motifs is 1. The number of hydrogen-bond donors (Lipinski definition) is 1. The van der Waals surface area contributed by atoms with Crippen LogP contribution in [0.15, 0.2) is 42.5 Å². The number of amides is 3. The lowest BCUT2D eigenvalue weighted by Crippen LogP contribution is -2.49. The standard InChI is InChI=1S/C21H18Cl2N2O5/c1-11(2)18(25-19(27)13-5-3-4-6-14(13)20(25)28)21(29)30-10-17(26)24-16-9-12(22)7-8-15(16)23/h3-9,11,18H,10H2,1-2H3,(H,24,26)/t18-/m1/s1. The summed E-state index contributed by atoms with van der Waals surface area (Å²) in [6, 6.07) is 9.71. The molecular weight excluding hydrogens is 431 g/mol. The zero-order valence-electron chi connectivity index (χ0n) is 16.1. The lowest BCUT2D eigenvalue weighted by molar-refractivity contribution is -0.152. The number of benzene rings is 2. The van der Waals surface area contributed by atoms with Gasteiger partial charge in [0.25, 0.3) is 17.7 Å². The first kappa shape index (κ1) is 21.8. The van der Waals surface area contributed by atoms with Crippen molar-refractivity contribution in [1.29, 1.82) is 0 Å². The van der Waals surface area contributed by atoms with E-state index in [2.05, 4.69) is 5.32 Å². The summed E-state index contributed by atoms with van der Waals surface area (Å²) in [7, 11) is 0. The Morgan fingerprint density at radius 3 is 2.20 bits per heavy atom. The molecule has 2 aromatic carbocycles. The van der Waals surface area contributed by atoms with E-state index in [0.29, 0.717) is 5.02 Å². The molecule has 0 bridgehead atoms. The van der Waals surface area contributed by atoms with Gasteiger partial charge in [-0.15, -0.1) is 0 Å². The maximum absolute atomic E-state index is 12.7. The predicted octanol–water partition coefficient (Wildman–Crippen LogP) is 3.80. The van der Waals surface area contributed by atoms with Crippen molar-refractivity contribution >= 4 is 52.6 Å². The third kappa shape index (κ3) is 4.32. The highest BCUT2D eigenvalue weighted by Crippen LogP contribution is 2.28. The van der Waals surface area contributed by atoms with Gasteiger partial charge in [-0.3, -0.25) is 19.3 Å². The Kier molecular flexibility index (Phi) is 6.43. The first-order valence-corrected chi connectivity index (χ1v) is 9.84. The second-order valence-corrected chi connectivity index (χ2v) is 7.84. The van der Waals surface area contributed by atoms with Crippen molar-refractivity contribution in [2.45, 2.75) is 19.9 Å². The smallest absolute Gasteiger partial charge is 0.330 e. The number of esters is 1. The summed E-state index contributed by atoms with van der Waals surface area (Å²) in [5, 5.41) is 3.14. The fourth-order valence-electron chi connectivity index (χ4n) is 3.14. The van der Waals surface area contributed by atoms with Gasteiger partial charge in [0.1, 0.15) is 6.04 Å². The second kappa shape index (κ2) is 8.85. The minimum Gasteiger partial charge on any atom is -0.454 e. The average Bonchev–Trinajstić information content (AvgIpc) is 2.95. The number of nitrogens with one attached hydrogen (secondary N) is 1. The molecule has 0 radical (unpaired) electrons. The molecule has 0 saturated heterocycles. The van der Waals surface area contributed by atoms with Crippen molar-refractivity contribution in [3.63, 3.8) is 0 Å². The van der Waals surface area contributed by atoms with Crippen LogP contribution in [0.5, 0.6) is 0 Å². The molecular formula is C21H18Cl2N2O5. The van der Waals surface area contributed by atoms with Crippen LogP contribution in [0.2, 0.25) is 10.0 Å². The van der Waals surface area contributed by atoms with E-state index in [-0.39, 0.29) is 21.8 Å². The number of imide groups is 1. The van der Waals surface area contributed by atoms with Gasteiger partial charge in [0.05, 0.1) is 21.8 Å². The Hall–Kier alpha value is -2.90. The van der Waals surface area contributed by atoms with Crippen molar-refractivity contribution in [3.05, 3.63) is 63.6 Å². The summed E-state index contributed by atoms with van der Waals surface area (Å²) >= 11 is 11.9. The van der Waals surface area contributed by atoms with Crippen LogP contribution >= 0.6 is 23.2 Å². The molecule has 30 heavy (non-hydrogen) atoms. The Morgan fingerprint density at radius 2 is 1.63 bits per heavy atom. The van der Waals surface area contributed by atoms with Crippen LogP contribution in [0.25, 0.3) is 0 Å². The van der Waals surface area contributed by atoms with E-state index in [1.807, 2.05) is 0 Å². The van der Waals surface area contributed by atoms with Crippen molar-refractivity contribution in [1.82, 2.24) is 4.90 Å². The van der Waals surface area contributed by atoms with Crippen LogP contribution in [0, 0.1) is 5.92 Å². The summed E-state index contributed by atoms with van der Waals surface area (Å²) in [4.78, 5) is 51.1. The maximum atomic E-state index is 12.7. The predicted molar refractivity (Wildman–Crippen MR) is 112 cm³/mol. The average molecular weight is 449 g/mol. The minimum absolute atomic E-state index is 0.231. The number of anilines is 1. The van der Waals surface area contributed by atoms with Crippen LogP contribution in [-0.4, -0.2) is 41.2 Å². The van der Waals surface area contributed by atoms with Gasteiger partial charge in [0.2, 0.25) is 0 Å². The summed E-state index contributed by atoms with van der Waals surface area (Å²) in [5.41, 5.74) is 0.731. The molecule has 0 aromatic heterocycles. The van der Waals surface area contributed by atoms with E-state index in [0.717, 1.165) is 4.90 Å². The fraction of sp³-hybridized carbons (Fsp3) is 0.238. The van der Waals surface area contributed by atoms with Gasteiger partial charge in [0.15, 0.2) is 6.61 Å². The van der Waals surface area contributed by atoms with Crippen molar-refractivity contribution in [2.75, 3.05) is 11.9 Å². The summed E-state index contributed by atoms with van der Waals surface area (Å²) < 4.78 is 5.10. The summed E-state index contributed by atoms with van der Waals surface area (Å²) in [6.07, 6.45) is 0. The highest BCUT2D eigenvalue weighted by Gasteiger charge is 2.44. The molecule has 1 aliphatic rings. The first-order chi connectivity index (χ1) is 14.2. The number of rotatable bonds is 6. The molecule has 1 atom stereocenters. The third-order valence-electron chi connectivity index (χ3n) is 4.52. The topological polar surface area (TPSA) is 92.8 Å². The Morgan fingerprint density at radius 1 is 1.03 bits per heavy atom. The molecule has 0 unspecified atom stereocenters. The highest BCUT2D eigenvalue weighted by atomic mass is 35.5. The molecule has 3 amide bonds. The van der Waals surface area contributed by atoms with Crippen molar-refractivity contribution in [3.8, 4) is 0 Å². The van der Waals surface area contributed by atoms with Crippen molar-refractivity contribution in [2.24, 2.45) is 5.92 Å². The summed E-state index contributed by atoms with van der Waals surface area (Å²) in [5.74, 6) is -3.06. The fourth-order valence-corrected chi connectivity index (χ4v) is 3.47. The van der Waals surface area contributed by atoms with Gasteiger partial charge >= 0.3 is 5.97 Å². The molecule has 2 aromatic rings. The zero-order valence-corrected chi connectivity index (χ0v) is 17.7. The van der Waals surface area contributed by atoms with E-state index in [4.69, 9.17) is 27.9 Å². The monoisotopic (exact) mass is 448 g/mol. The van der Waals surface area contributed by atoms with Gasteiger partial charge in [-0.2, -0.15) is 0 Å². The van der Waals surface area contributed by atoms with Crippen LogP contribution in [0.1, 0.15) is 34.6 Å². The van der Waals surface area contributed by atoms with Crippen LogP contribution in [0.3, 0.4) is 0 Å². The molecule has 0 aliphatic carbocycles. The molecule has 1 heterocycles. The number of nitrogens with zero attached hydrogens (tertiary/aromatic N) is 1. The van der Waals surface area contributed by atoms with Crippen LogP contribution in [-0.2, 0) is 14.3 Å². The van der Waals surface area contributed by atoms with Crippen LogP contribution < -0.4 is 5.32 Å². The van der Waals surface area contributed by atoms with Crippen molar-refractivity contribution < 1.29 is 23.9 Å². The number of halogens is 2. The van der Waals surface area contributed by atoms with E-state index in [1.165, 1.54) is 24.3 Å². The molecule has 0 fully saturated rings. The number of hydrogen-bond acceptors (Lipinski definition) is 5. The largest absolute Gasteiger partial charge is 0.454 e. The second-order valence-electron chi connectivity index (χ2n) is 6.99. The van der Waals surface area contributed by atoms with E-state index in [1.54, 1.807) is 32.0 Å². The normalized spacial score (nSPS) is 14.0. The molecule has 0 spiro atoms. The first-order valence-electron chi connectivity index (χ1n) is 9.09. The zero-order chi connectivity index (χ0) is 22.0. The van der Waals surface area contributed by atoms with Gasteiger partial charge in [0, 0.05) is 5.02 Å². The van der Waals surface area contributed by atoms with E-state index in [9.17, 15) is 19.2 Å². The molecule has 0 saturated carbocycles. The van der Waals surface area contributed by atoms with Gasteiger partial charge in [-0.05, 0) is 36.2 Å². The molecule has 1 aliphatic heterocycles. The lowest BCUT2D eigenvalue weighted by Gasteiger charge is -2.27.